The van der Waals surface area contributed by atoms with Crippen LogP contribution in [0.3, 0.4) is 0 Å². The zero-order valence-corrected chi connectivity index (χ0v) is 12.3. The Bertz CT molecular complexity index is 606. The smallest absolute Gasteiger partial charge is 0.252 e. The molecule has 2 aromatic heterocycles. The fourth-order valence-corrected chi connectivity index (χ4v) is 2.41. The highest BCUT2D eigenvalue weighted by Crippen LogP contribution is 2.31. The van der Waals surface area contributed by atoms with E-state index < -0.39 is 0 Å². The number of aromatic nitrogens is 4. The van der Waals surface area contributed by atoms with Crippen molar-refractivity contribution in [3.05, 3.63) is 35.4 Å². The molecule has 8 heteroatoms. The van der Waals surface area contributed by atoms with Gasteiger partial charge in [-0.2, -0.15) is 19.7 Å². The lowest BCUT2D eigenvalue weighted by Crippen LogP contribution is -2.28. The van der Waals surface area contributed by atoms with Gasteiger partial charge in [-0.05, 0) is 24.8 Å². The second-order valence-electron chi connectivity index (χ2n) is 4.37. The van der Waals surface area contributed by atoms with Gasteiger partial charge in [0.15, 0.2) is 6.20 Å². The number of hydrogen-bond acceptors (Lipinski definition) is 7. The molecule has 0 radical (unpaired) electrons. The lowest BCUT2D eigenvalue weighted by Gasteiger charge is -2.14. The summed E-state index contributed by atoms with van der Waals surface area (Å²) in [4.78, 5) is 14.3. The summed E-state index contributed by atoms with van der Waals surface area (Å²) >= 11 is 1.38. The molecule has 0 aliphatic heterocycles. The molecule has 7 nitrogen and oxygen atoms in total. The molecule has 0 aromatic carbocycles. The van der Waals surface area contributed by atoms with E-state index in [2.05, 4.69) is 15.0 Å². The van der Waals surface area contributed by atoms with Crippen LogP contribution in [-0.4, -0.2) is 29.0 Å². The molecule has 0 saturated carbocycles. The predicted molar refractivity (Wildman–Crippen MR) is 78.2 cm³/mol. The summed E-state index contributed by atoms with van der Waals surface area (Å²) in [6.07, 6.45) is 1.46. The van der Waals surface area contributed by atoms with Gasteiger partial charge in [-0.15, -0.1) is 0 Å². The van der Waals surface area contributed by atoms with E-state index in [0.29, 0.717) is 16.8 Å². The third-order valence-electron chi connectivity index (χ3n) is 2.51. The second-order valence-corrected chi connectivity index (χ2v) is 5.73. The van der Waals surface area contributed by atoms with Gasteiger partial charge >= 0.3 is 0 Å². The Morgan fingerprint density at radius 3 is 2.70 bits per heavy atom. The molecule has 2 heterocycles. The number of nitrogen functional groups attached to an aromatic ring is 1. The molecular formula is C12H16N6OS. The molecule has 2 aromatic rings. The lowest BCUT2D eigenvalue weighted by molar-refractivity contribution is -0.645. The molecule has 1 atom stereocenters. The third-order valence-corrected chi connectivity index (χ3v) is 3.63. The number of hydrogen-bond donors (Lipinski definition) is 1. The third kappa shape index (κ3) is 3.27. The zero-order valence-electron chi connectivity index (χ0n) is 11.5. The molecule has 0 saturated heterocycles. The monoisotopic (exact) mass is 292 g/mol. The normalized spacial score (nSPS) is 12.2. The van der Waals surface area contributed by atoms with E-state index in [4.69, 9.17) is 5.73 Å². The van der Waals surface area contributed by atoms with E-state index in [1.807, 2.05) is 27.1 Å². The Morgan fingerprint density at radius 1 is 1.30 bits per heavy atom. The van der Waals surface area contributed by atoms with Crippen LogP contribution in [0.4, 0.5) is 11.9 Å². The van der Waals surface area contributed by atoms with Crippen molar-refractivity contribution in [2.45, 2.75) is 17.2 Å². The molecule has 1 unspecified atom stereocenters. The molecule has 0 fully saturated rings. The summed E-state index contributed by atoms with van der Waals surface area (Å²) in [7, 11) is 3.66. The minimum atomic E-state index is -0.110. The van der Waals surface area contributed by atoms with E-state index in [1.54, 1.807) is 17.0 Å². The van der Waals surface area contributed by atoms with Gasteiger partial charge in [0.05, 0.1) is 5.25 Å². The number of nitrogens with zero attached hydrogens (tertiary/aromatic N) is 5. The van der Waals surface area contributed by atoms with Crippen LogP contribution in [0, 0.1) is 5.21 Å². The predicted octanol–water partition coefficient (Wildman–Crippen LogP) is 1.01. The topological polar surface area (TPSA) is 94.9 Å². The second kappa shape index (κ2) is 5.91. The molecule has 0 aliphatic carbocycles. The van der Waals surface area contributed by atoms with Gasteiger partial charge in [0.25, 0.3) is 5.03 Å². The molecule has 0 spiro atoms. The SMILES string of the molecule is CC(Sc1cccc[n+]1[O-])c1nc(N)nc(N(C)C)n1. The van der Waals surface area contributed by atoms with Crippen molar-refractivity contribution in [1.29, 1.82) is 0 Å². The van der Waals surface area contributed by atoms with Gasteiger partial charge in [0, 0.05) is 26.2 Å². The number of anilines is 2. The van der Waals surface area contributed by atoms with Crippen molar-refractivity contribution in [2.75, 3.05) is 24.7 Å². The van der Waals surface area contributed by atoms with Gasteiger partial charge in [-0.25, -0.2) is 0 Å². The number of pyridine rings is 1. The summed E-state index contributed by atoms with van der Waals surface area (Å²) in [5.41, 5.74) is 5.69. The van der Waals surface area contributed by atoms with Crippen LogP contribution in [-0.2, 0) is 0 Å². The van der Waals surface area contributed by atoms with E-state index in [1.165, 1.54) is 18.0 Å². The average molecular weight is 292 g/mol. The first-order chi connectivity index (χ1) is 9.47. The van der Waals surface area contributed by atoms with Crippen LogP contribution in [0.2, 0.25) is 0 Å². The van der Waals surface area contributed by atoms with Crippen LogP contribution in [0.5, 0.6) is 0 Å². The van der Waals surface area contributed by atoms with E-state index >= 15 is 0 Å². The van der Waals surface area contributed by atoms with Crippen molar-refractivity contribution >= 4 is 23.7 Å². The molecular weight excluding hydrogens is 276 g/mol. The van der Waals surface area contributed by atoms with Gasteiger partial charge in [-0.1, -0.05) is 0 Å². The Labute approximate surface area is 121 Å². The van der Waals surface area contributed by atoms with E-state index in [9.17, 15) is 5.21 Å². The maximum absolute atomic E-state index is 11.6. The van der Waals surface area contributed by atoms with Crippen LogP contribution >= 0.6 is 11.8 Å². The fourth-order valence-electron chi connectivity index (χ4n) is 1.52. The maximum atomic E-state index is 11.6. The minimum absolute atomic E-state index is 0.110. The van der Waals surface area contributed by atoms with Gasteiger partial charge in [-0.3, -0.25) is 0 Å². The van der Waals surface area contributed by atoms with Crippen molar-refractivity contribution in [3.8, 4) is 0 Å². The highest BCUT2D eigenvalue weighted by atomic mass is 32.2. The number of nitrogens with two attached hydrogens (primary N) is 1. The van der Waals surface area contributed by atoms with E-state index in [-0.39, 0.29) is 11.2 Å². The van der Waals surface area contributed by atoms with Crippen LogP contribution in [0.15, 0.2) is 29.4 Å². The van der Waals surface area contributed by atoms with E-state index in [0.717, 1.165) is 4.73 Å². The van der Waals surface area contributed by atoms with Crippen molar-refractivity contribution < 1.29 is 4.73 Å². The van der Waals surface area contributed by atoms with Crippen molar-refractivity contribution in [2.24, 2.45) is 0 Å². The minimum Gasteiger partial charge on any atom is -0.618 e. The standard InChI is InChI=1S/C12H16N6OS/c1-8(20-9-6-4-5-7-18(9)19)10-14-11(13)16-12(15-10)17(2)3/h4-8H,1-3H3,(H2,13,14,15,16). The number of thioether (sulfide) groups is 1. The highest BCUT2D eigenvalue weighted by Gasteiger charge is 2.18. The molecule has 0 aliphatic rings. The molecule has 2 N–H and O–H groups in total. The van der Waals surface area contributed by atoms with Crippen LogP contribution in [0.1, 0.15) is 18.0 Å². The Hall–Kier alpha value is -2.09. The van der Waals surface area contributed by atoms with Crippen molar-refractivity contribution in [1.82, 2.24) is 15.0 Å². The Morgan fingerprint density at radius 2 is 2.05 bits per heavy atom. The molecule has 106 valence electrons. The largest absolute Gasteiger partial charge is 0.618 e. The summed E-state index contributed by atoms with van der Waals surface area (Å²) in [5, 5.41) is 12.1. The van der Waals surface area contributed by atoms with Gasteiger partial charge in [0.2, 0.25) is 11.9 Å². The van der Waals surface area contributed by atoms with Gasteiger partial charge < -0.3 is 15.8 Å². The molecule has 0 bridgehead atoms. The van der Waals surface area contributed by atoms with Crippen molar-refractivity contribution in [3.63, 3.8) is 0 Å². The molecule has 20 heavy (non-hydrogen) atoms. The summed E-state index contributed by atoms with van der Waals surface area (Å²) in [6, 6.07) is 5.26. The van der Waals surface area contributed by atoms with Gasteiger partial charge in [0.1, 0.15) is 5.82 Å². The maximum Gasteiger partial charge on any atom is 0.252 e. The summed E-state index contributed by atoms with van der Waals surface area (Å²) < 4.78 is 0.818. The first kappa shape index (κ1) is 14.3. The average Bonchev–Trinajstić information content (AvgIpc) is 2.40. The summed E-state index contributed by atoms with van der Waals surface area (Å²) in [5.74, 6) is 1.23. The Kier molecular flexibility index (Phi) is 4.23. The first-order valence-electron chi connectivity index (χ1n) is 6.01. The Balaban J connectivity index is 2.25. The summed E-state index contributed by atoms with van der Waals surface area (Å²) in [6.45, 7) is 1.92. The fraction of sp³-hybridized carbons (Fsp3) is 0.333. The van der Waals surface area contributed by atoms with Crippen LogP contribution < -0.4 is 15.4 Å². The number of rotatable bonds is 4. The molecule has 2 rings (SSSR count). The quantitative estimate of drug-likeness (QED) is 0.510. The molecule has 0 amide bonds. The first-order valence-corrected chi connectivity index (χ1v) is 6.89. The highest BCUT2D eigenvalue weighted by molar-refractivity contribution is 7.99. The zero-order chi connectivity index (χ0) is 14.7. The van der Waals surface area contributed by atoms with Crippen LogP contribution in [0.25, 0.3) is 0 Å². The lowest BCUT2D eigenvalue weighted by atomic mass is 10.4.